The molecular weight excluding hydrogens is 296 g/mol. The van der Waals surface area contributed by atoms with Crippen LogP contribution in [0.25, 0.3) is 0 Å². The van der Waals surface area contributed by atoms with Crippen LogP contribution < -0.4 is 10.6 Å². The zero-order valence-electron chi connectivity index (χ0n) is 13.4. The highest BCUT2D eigenvalue weighted by Gasteiger charge is 2.09. The quantitative estimate of drug-likeness (QED) is 0.863. The summed E-state index contributed by atoms with van der Waals surface area (Å²) in [6, 6.07) is 9.94. The summed E-state index contributed by atoms with van der Waals surface area (Å²) in [6.07, 6.45) is 0. The predicted molar refractivity (Wildman–Crippen MR) is 94.0 cm³/mol. The zero-order valence-corrected chi connectivity index (χ0v) is 14.1. The van der Waals surface area contributed by atoms with Gasteiger partial charge in [-0.3, -0.25) is 4.79 Å². The summed E-state index contributed by atoms with van der Waals surface area (Å²) in [5.74, 6) is -0.117. The highest BCUT2D eigenvalue weighted by atomic mass is 35.5. The van der Waals surface area contributed by atoms with Crippen molar-refractivity contribution < 1.29 is 4.79 Å². The smallest absolute Gasteiger partial charge is 0.243 e. The van der Waals surface area contributed by atoms with E-state index in [2.05, 4.69) is 16.7 Å². The minimum atomic E-state index is -0.117. The van der Waals surface area contributed by atoms with Crippen molar-refractivity contribution in [2.24, 2.45) is 0 Å². The molecule has 4 heteroatoms. The SMILES string of the molecule is Cc1ccc(NCC(=O)Nc2c(C)cc(C)cc2Cl)c(C)c1. The molecule has 0 heterocycles. The van der Waals surface area contributed by atoms with Crippen LogP contribution in [0.15, 0.2) is 30.3 Å². The summed E-state index contributed by atoms with van der Waals surface area (Å²) < 4.78 is 0. The van der Waals surface area contributed by atoms with Gasteiger partial charge in [-0.25, -0.2) is 0 Å². The Hall–Kier alpha value is -2.00. The summed E-state index contributed by atoms with van der Waals surface area (Å²) in [5.41, 5.74) is 6.01. The maximum absolute atomic E-state index is 12.1. The van der Waals surface area contributed by atoms with Crippen LogP contribution in [-0.2, 0) is 4.79 Å². The lowest BCUT2D eigenvalue weighted by atomic mass is 10.1. The van der Waals surface area contributed by atoms with Crippen molar-refractivity contribution in [3.05, 3.63) is 57.6 Å². The van der Waals surface area contributed by atoms with Crippen LogP contribution in [0.1, 0.15) is 22.3 Å². The number of amides is 1. The molecule has 2 aromatic rings. The lowest BCUT2D eigenvalue weighted by Gasteiger charge is -2.13. The molecule has 0 aliphatic heterocycles. The number of benzene rings is 2. The third-order valence-corrected chi connectivity index (χ3v) is 3.82. The summed E-state index contributed by atoms with van der Waals surface area (Å²) in [6.45, 7) is 8.19. The fourth-order valence-corrected chi connectivity index (χ4v) is 2.81. The average molecular weight is 317 g/mol. The van der Waals surface area contributed by atoms with Crippen LogP contribution in [0, 0.1) is 27.7 Å². The maximum atomic E-state index is 12.1. The van der Waals surface area contributed by atoms with Crippen LogP contribution in [0.4, 0.5) is 11.4 Å². The molecule has 2 rings (SSSR count). The van der Waals surface area contributed by atoms with Gasteiger partial charge in [-0.05, 0) is 56.5 Å². The number of nitrogens with one attached hydrogen (secondary N) is 2. The van der Waals surface area contributed by atoms with Gasteiger partial charge in [-0.1, -0.05) is 35.4 Å². The first-order valence-electron chi connectivity index (χ1n) is 7.24. The molecule has 22 heavy (non-hydrogen) atoms. The second kappa shape index (κ2) is 6.84. The van der Waals surface area contributed by atoms with E-state index in [0.717, 1.165) is 22.4 Å². The van der Waals surface area contributed by atoms with E-state index in [9.17, 15) is 4.79 Å². The summed E-state index contributed by atoms with van der Waals surface area (Å²) in [7, 11) is 0. The first kappa shape index (κ1) is 16.4. The molecule has 2 aromatic carbocycles. The Bertz CT molecular complexity index is 687. The first-order valence-corrected chi connectivity index (χ1v) is 7.62. The molecule has 0 saturated carbocycles. The Morgan fingerprint density at radius 3 is 2.32 bits per heavy atom. The van der Waals surface area contributed by atoms with Crippen molar-refractivity contribution in [3.8, 4) is 0 Å². The van der Waals surface area contributed by atoms with Crippen LogP contribution in [0.3, 0.4) is 0 Å². The minimum absolute atomic E-state index is 0.117. The number of halogens is 1. The molecule has 0 spiro atoms. The predicted octanol–water partition coefficient (Wildman–Crippen LogP) is 4.62. The molecule has 0 radical (unpaired) electrons. The molecular formula is C18H21ClN2O. The van der Waals surface area contributed by atoms with Crippen molar-refractivity contribution in [2.75, 3.05) is 17.2 Å². The largest absolute Gasteiger partial charge is 0.376 e. The first-order chi connectivity index (χ1) is 10.4. The number of hydrogen-bond acceptors (Lipinski definition) is 2. The summed E-state index contributed by atoms with van der Waals surface area (Å²) in [5, 5.41) is 6.60. The van der Waals surface area contributed by atoms with E-state index in [1.54, 1.807) is 0 Å². The van der Waals surface area contributed by atoms with Crippen molar-refractivity contribution >= 4 is 28.9 Å². The monoisotopic (exact) mass is 316 g/mol. The molecule has 0 aliphatic rings. The van der Waals surface area contributed by atoms with Gasteiger partial charge in [0.1, 0.15) is 0 Å². The van der Waals surface area contributed by atoms with Crippen LogP contribution in [-0.4, -0.2) is 12.5 Å². The summed E-state index contributed by atoms with van der Waals surface area (Å²) >= 11 is 6.20. The van der Waals surface area contributed by atoms with E-state index in [1.165, 1.54) is 5.56 Å². The van der Waals surface area contributed by atoms with Gasteiger partial charge in [0.15, 0.2) is 0 Å². The van der Waals surface area contributed by atoms with E-state index in [0.29, 0.717) is 10.7 Å². The molecule has 1 amide bonds. The fraction of sp³-hybridized carbons (Fsp3) is 0.278. The molecule has 116 valence electrons. The van der Waals surface area contributed by atoms with Gasteiger partial charge in [0, 0.05) is 5.69 Å². The van der Waals surface area contributed by atoms with Gasteiger partial charge in [-0.15, -0.1) is 0 Å². The van der Waals surface area contributed by atoms with Crippen molar-refractivity contribution in [1.82, 2.24) is 0 Å². The molecule has 0 aliphatic carbocycles. The normalized spacial score (nSPS) is 10.4. The third-order valence-electron chi connectivity index (χ3n) is 3.52. The number of rotatable bonds is 4. The number of carbonyl (C=O) groups is 1. The Morgan fingerprint density at radius 2 is 1.68 bits per heavy atom. The zero-order chi connectivity index (χ0) is 16.3. The van der Waals surface area contributed by atoms with Gasteiger partial charge in [0.25, 0.3) is 0 Å². The van der Waals surface area contributed by atoms with Gasteiger partial charge < -0.3 is 10.6 Å². The highest BCUT2D eigenvalue weighted by Crippen LogP contribution is 2.27. The van der Waals surface area contributed by atoms with E-state index in [4.69, 9.17) is 11.6 Å². The van der Waals surface area contributed by atoms with Crippen molar-refractivity contribution in [1.29, 1.82) is 0 Å². The van der Waals surface area contributed by atoms with Crippen LogP contribution in [0.2, 0.25) is 5.02 Å². The number of carbonyl (C=O) groups excluding carboxylic acids is 1. The molecule has 0 bridgehead atoms. The van der Waals surface area contributed by atoms with Gasteiger partial charge >= 0.3 is 0 Å². The Labute approximate surface area is 136 Å². The lowest BCUT2D eigenvalue weighted by Crippen LogP contribution is -2.22. The number of aryl methyl sites for hydroxylation is 4. The van der Waals surface area contributed by atoms with E-state index < -0.39 is 0 Å². The molecule has 0 fully saturated rings. The highest BCUT2D eigenvalue weighted by molar-refractivity contribution is 6.34. The minimum Gasteiger partial charge on any atom is -0.376 e. The van der Waals surface area contributed by atoms with E-state index in [-0.39, 0.29) is 12.5 Å². The van der Waals surface area contributed by atoms with Crippen molar-refractivity contribution in [3.63, 3.8) is 0 Å². The molecule has 0 unspecified atom stereocenters. The Morgan fingerprint density at radius 1 is 1.00 bits per heavy atom. The Balaban J connectivity index is 2.02. The topological polar surface area (TPSA) is 41.1 Å². The number of hydrogen-bond donors (Lipinski definition) is 2. The third kappa shape index (κ3) is 4.01. The van der Waals surface area contributed by atoms with Gasteiger partial charge in [0.05, 0.1) is 17.3 Å². The molecule has 0 atom stereocenters. The summed E-state index contributed by atoms with van der Waals surface area (Å²) in [4.78, 5) is 12.1. The number of anilines is 2. The van der Waals surface area contributed by atoms with Crippen molar-refractivity contribution in [2.45, 2.75) is 27.7 Å². The maximum Gasteiger partial charge on any atom is 0.243 e. The van der Waals surface area contributed by atoms with E-state index in [1.807, 2.05) is 52.0 Å². The van der Waals surface area contributed by atoms with E-state index >= 15 is 0 Å². The Kier molecular flexibility index (Phi) is 5.09. The lowest BCUT2D eigenvalue weighted by molar-refractivity contribution is -0.114. The molecule has 3 nitrogen and oxygen atoms in total. The second-order valence-electron chi connectivity index (χ2n) is 5.66. The molecule has 2 N–H and O–H groups in total. The molecule has 0 aromatic heterocycles. The second-order valence-corrected chi connectivity index (χ2v) is 6.07. The van der Waals surface area contributed by atoms with Gasteiger partial charge in [-0.2, -0.15) is 0 Å². The molecule has 0 saturated heterocycles. The standard InChI is InChI=1S/C18H21ClN2O/c1-11-5-6-16(13(3)7-11)20-10-17(22)21-18-14(4)8-12(2)9-15(18)19/h5-9,20H,10H2,1-4H3,(H,21,22). The van der Waals surface area contributed by atoms with Crippen LogP contribution >= 0.6 is 11.6 Å². The van der Waals surface area contributed by atoms with Crippen LogP contribution in [0.5, 0.6) is 0 Å². The average Bonchev–Trinajstić information content (AvgIpc) is 2.42. The van der Waals surface area contributed by atoms with Gasteiger partial charge in [0.2, 0.25) is 5.91 Å². The fourth-order valence-electron chi connectivity index (χ4n) is 2.45.